The number of carbonyl (C=O) groups is 1. The molecule has 1 aromatic heterocycles. The van der Waals surface area contributed by atoms with E-state index in [2.05, 4.69) is 4.98 Å². The molecule has 1 rings (SSSR count). The Balaban J connectivity index is 2.51. The van der Waals surface area contributed by atoms with E-state index in [1.807, 2.05) is 0 Å². The van der Waals surface area contributed by atoms with E-state index in [9.17, 15) is 4.79 Å². The molecule has 0 aromatic carbocycles. The average Bonchev–Trinajstić information content (AvgIpc) is 2.19. The summed E-state index contributed by atoms with van der Waals surface area (Å²) in [5.74, 6) is -1.01. The zero-order chi connectivity index (χ0) is 10.4. The predicted molar refractivity (Wildman–Crippen MR) is 51.2 cm³/mol. The number of aliphatic hydroxyl groups is 1. The fourth-order valence-electron chi connectivity index (χ4n) is 1.14. The third kappa shape index (κ3) is 3.14. The van der Waals surface area contributed by atoms with E-state index >= 15 is 0 Å². The maximum absolute atomic E-state index is 10.5. The molecule has 1 aromatic rings. The maximum atomic E-state index is 10.5. The second kappa shape index (κ2) is 5.34. The molecule has 0 spiro atoms. The Morgan fingerprint density at radius 2 is 2.14 bits per heavy atom. The molecule has 0 aliphatic rings. The SMILES string of the molecule is O=C(O)c1ccc(CCCCO)cn1. The monoisotopic (exact) mass is 195 g/mol. The molecule has 0 atom stereocenters. The smallest absolute Gasteiger partial charge is 0.354 e. The number of pyridine rings is 1. The second-order valence-corrected chi connectivity index (χ2v) is 3.04. The molecule has 0 radical (unpaired) electrons. The van der Waals surface area contributed by atoms with Crippen molar-refractivity contribution in [3.8, 4) is 0 Å². The number of unbranched alkanes of at least 4 members (excludes halogenated alkanes) is 1. The second-order valence-electron chi connectivity index (χ2n) is 3.04. The molecule has 14 heavy (non-hydrogen) atoms. The molecule has 0 saturated heterocycles. The van der Waals surface area contributed by atoms with Crippen LogP contribution in [0.1, 0.15) is 28.9 Å². The number of rotatable bonds is 5. The van der Waals surface area contributed by atoms with E-state index in [1.54, 1.807) is 12.3 Å². The van der Waals surface area contributed by atoms with Crippen molar-refractivity contribution in [3.63, 3.8) is 0 Å². The summed E-state index contributed by atoms with van der Waals surface area (Å²) in [7, 11) is 0. The highest BCUT2D eigenvalue weighted by Crippen LogP contribution is 2.04. The number of carboxylic acid groups (broad SMARTS) is 1. The van der Waals surface area contributed by atoms with Crippen LogP contribution < -0.4 is 0 Å². The summed E-state index contributed by atoms with van der Waals surface area (Å²) in [6, 6.07) is 3.25. The Labute approximate surface area is 82.2 Å². The third-order valence-corrected chi connectivity index (χ3v) is 1.92. The van der Waals surface area contributed by atoms with E-state index in [4.69, 9.17) is 10.2 Å². The normalized spacial score (nSPS) is 10.1. The highest BCUT2D eigenvalue weighted by molar-refractivity contribution is 5.85. The third-order valence-electron chi connectivity index (χ3n) is 1.92. The Bertz CT molecular complexity index is 295. The van der Waals surface area contributed by atoms with Crippen LogP contribution in [-0.4, -0.2) is 27.8 Å². The predicted octanol–water partition coefficient (Wildman–Crippen LogP) is 1.09. The van der Waals surface area contributed by atoms with Crippen LogP contribution in [0.25, 0.3) is 0 Å². The molecule has 2 N–H and O–H groups in total. The van der Waals surface area contributed by atoms with Gasteiger partial charge in [0.05, 0.1) is 0 Å². The van der Waals surface area contributed by atoms with Crippen LogP contribution in [0.5, 0.6) is 0 Å². The van der Waals surface area contributed by atoms with Crippen molar-refractivity contribution in [1.29, 1.82) is 0 Å². The average molecular weight is 195 g/mol. The molecule has 0 unspecified atom stereocenters. The zero-order valence-corrected chi connectivity index (χ0v) is 7.81. The summed E-state index contributed by atoms with van der Waals surface area (Å²) < 4.78 is 0. The Morgan fingerprint density at radius 3 is 2.64 bits per heavy atom. The number of aliphatic hydroxyl groups excluding tert-OH is 1. The van der Waals surface area contributed by atoms with E-state index < -0.39 is 5.97 Å². The number of aryl methyl sites for hydroxylation is 1. The first kappa shape index (κ1) is 10.7. The van der Waals surface area contributed by atoms with Gasteiger partial charge in [-0.05, 0) is 30.9 Å². The summed E-state index contributed by atoms with van der Waals surface area (Å²) in [6.45, 7) is 0.195. The van der Waals surface area contributed by atoms with E-state index in [0.717, 1.165) is 24.8 Å². The fraction of sp³-hybridized carbons (Fsp3) is 0.400. The van der Waals surface area contributed by atoms with Gasteiger partial charge in [-0.1, -0.05) is 6.07 Å². The first-order valence-electron chi connectivity index (χ1n) is 4.53. The standard InChI is InChI=1S/C10H13NO3/c12-6-2-1-3-8-4-5-9(10(13)14)11-7-8/h4-5,7,12H,1-3,6H2,(H,13,14). The maximum Gasteiger partial charge on any atom is 0.354 e. The minimum Gasteiger partial charge on any atom is -0.477 e. The number of nitrogens with zero attached hydrogens (tertiary/aromatic N) is 1. The summed E-state index contributed by atoms with van der Waals surface area (Å²) in [5, 5.41) is 17.2. The Hall–Kier alpha value is -1.42. The van der Waals surface area contributed by atoms with Gasteiger partial charge in [0.15, 0.2) is 0 Å². The van der Waals surface area contributed by atoms with Crippen molar-refractivity contribution in [1.82, 2.24) is 4.98 Å². The molecule has 0 aliphatic heterocycles. The van der Waals surface area contributed by atoms with Gasteiger partial charge < -0.3 is 10.2 Å². The Morgan fingerprint density at radius 1 is 1.36 bits per heavy atom. The number of hydrogen-bond acceptors (Lipinski definition) is 3. The molecule has 4 heteroatoms. The lowest BCUT2D eigenvalue weighted by molar-refractivity contribution is 0.0690. The number of aromatic carboxylic acids is 1. The van der Waals surface area contributed by atoms with Crippen molar-refractivity contribution < 1.29 is 15.0 Å². The molecule has 1 heterocycles. The molecule has 4 nitrogen and oxygen atoms in total. The molecular formula is C10H13NO3. The summed E-state index contributed by atoms with van der Waals surface area (Å²) in [4.78, 5) is 14.3. The largest absolute Gasteiger partial charge is 0.477 e. The first-order valence-corrected chi connectivity index (χ1v) is 4.53. The summed E-state index contributed by atoms with van der Waals surface area (Å²) >= 11 is 0. The van der Waals surface area contributed by atoms with Gasteiger partial charge in [-0.3, -0.25) is 0 Å². The number of carboxylic acids is 1. The van der Waals surface area contributed by atoms with Crippen LogP contribution in [0.4, 0.5) is 0 Å². The van der Waals surface area contributed by atoms with E-state index in [-0.39, 0.29) is 12.3 Å². The van der Waals surface area contributed by atoms with E-state index in [1.165, 1.54) is 6.07 Å². The van der Waals surface area contributed by atoms with Crippen LogP contribution in [0.15, 0.2) is 18.3 Å². The van der Waals surface area contributed by atoms with Crippen LogP contribution in [0.2, 0.25) is 0 Å². The highest BCUT2D eigenvalue weighted by Gasteiger charge is 2.02. The van der Waals surface area contributed by atoms with Crippen molar-refractivity contribution in [2.24, 2.45) is 0 Å². The lowest BCUT2D eigenvalue weighted by atomic mass is 10.1. The van der Waals surface area contributed by atoms with Gasteiger partial charge in [0.25, 0.3) is 0 Å². The molecule has 0 saturated carbocycles. The molecular weight excluding hydrogens is 182 g/mol. The topological polar surface area (TPSA) is 70.4 Å². The molecule has 76 valence electrons. The molecule has 0 amide bonds. The fourth-order valence-corrected chi connectivity index (χ4v) is 1.14. The Kier molecular flexibility index (Phi) is 4.07. The van der Waals surface area contributed by atoms with Crippen LogP contribution in [0.3, 0.4) is 0 Å². The van der Waals surface area contributed by atoms with Crippen LogP contribution >= 0.6 is 0 Å². The van der Waals surface area contributed by atoms with Gasteiger partial charge in [-0.15, -0.1) is 0 Å². The van der Waals surface area contributed by atoms with Gasteiger partial charge in [0.1, 0.15) is 5.69 Å². The van der Waals surface area contributed by atoms with Gasteiger partial charge in [0, 0.05) is 12.8 Å². The first-order chi connectivity index (χ1) is 6.74. The minimum atomic E-state index is -1.01. The number of hydrogen-bond donors (Lipinski definition) is 2. The molecule has 0 aliphatic carbocycles. The van der Waals surface area contributed by atoms with Crippen molar-refractivity contribution in [2.45, 2.75) is 19.3 Å². The van der Waals surface area contributed by atoms with Gasteiger partial charge in [-0.2, -0.15) is 0 Å². The lowest BCUT2D eigenvalue weighted by Crippen LogP contribution is -2.00. The van der Waals surface area contributed by atoms with Crippen molar-refractivity contribution in [3.05, 3.63) is 29.6 Å². The van der Waals surface area contributed by atoms with E-state index in [0.29, 0.717) is 0 Å². The van der Waals surface area contributed by atoms with Gasteiger partial charge >= 0.3 is 5.97 Å². The van der Waals surface area contributed by atoms with Crippen LogP contribution in [0, 0.1) is 0 Å². The van der Waals surface area contributed by atoms with Crippen molar-refractivity contribution >= 4 is 5.97 Å². The van der Waals surface area contributed by atoms with Gasteiger partial charge in [0.2, 0.25) is 0 Å². The highest BCUT2D eigenvalue weighted by atomic mass is 16.4. The molecule has 0 bridgehead atoms. The zero-order valence-electron chi connectivity index (χ0n) is 7.81. The minimum absolute atomic E-state index is 0.0657. The van der Waals surface area contributed by atoms with Crippen molar-refractivity contribution in [2.75, 3.05) is 6.61 Å². The molecule has 0 fully saturated rings. The summed E-state index contributed by atoms with van der Waals surface area (Å²) in [6.07, 6.45) is 4.06. The summed E-state index contributed by atoms with van der Waals surface area (Å²) in [5.41, 5.74) is 1.07. The lowest BCUT2D eigenvalue weighted by Gasteiger charge is -1.99. The van der Waals surface area contributed by atoms with Crippen LogP contribution in [-0.2, 0) is 6.42 Å². The number of aromatic nitrogens is 1. The van der Waals surface area contributed by atoms with Gasteiger partial charge in [-0.25, -0.2) is 9.78 Å². The quantitative estimate of drug-likeness (QED) is 0.690.